The molecule has 2 aliphatic carbocycles. The molecule has 39 heavy (non-hydrogen) atoms. The van der Waals surface area contributed by atoms with Gasteiger partial charge in [-0.25, -0.2) is 0 Å². The zero-order valence-corrected chi connectivity index (χ0v) is 23.3. The number of Topliss-reactive ketones (excluding diaryl/α,β-unsaturated/α-hetero) is 2. The van der Waals surface area contributed by atoms with Gasteiger partial charge in [-0.15, -0.1) is 0 Å². The van der Waals surface area contributed by atoms with E-state index in [1.807, 2.05) is 39.1 Å². The van der Waals surface area contributed by atoms with Gasteiger partial charge in [0, 0.05) is 59.1 Å². The molecule has 5 rings (SSSR count). The molecule has 8 heteroatoms. The number of benzene rings is 2. The summed E-state index contributed by atoms with van der Waals surface area (Å²) in [5.41, 5.74) is 5.83. The SMILES string of the molecule is CCOc1cc(C2C3=C(CCCC3=O)N(C)C3=C2C(=O)CCC3)ccc1OCC(=O)Nc1ccc(C)c(Cl)c1. The average Bonchev–Trinajstić information content (AvgIpc) is 2.91. The molecule has 0 atom stereocenters. The molecule has 1 heterocycles. The predicted molar refractivity (Wildman–Crippen MR) is 150 cm³/mol. The molecule has 2 aromatic rings. The third kappa shape index (κ3) is 5.33. The van der Waals surface area contributed by atoms with Crippen LogP contribution in [0.2, 0.25) is 5.02 Å². The second-order valence-corrected chi connectivity index (χ2v) is 10.6. The van der Waals surface area contributed by atoms with E-state index in [4.69, 9.17) is 21.1 Å². The number of carbonyl (C=O) groups excluding carboxylic acids is 3. The van der Waals surface area contributed by atoms with Crippen LogP contribution in [0.15, 0.2) is 58.9 Å². The van der Waals surface area contributed by atoms with Gasteiger partial charge in [0.2, 0.25) is 0 Å². The average molecular weight is 549 g/mol. The zero-order chi connectivity index (χ0) is 27.7. The van der Waals surface area contributed by atoms with Crippen LogP contribution in [-0.4, -0.2) is 42.6 Å². The highest BCUT2D eigenvalue weighted by Crippen LogP contribution is 2.49. The minimum atomic E-state index is -0.422. The lowest BCUT2D eigenvalue weighted by Gasteiger charge is -2.42. The van der Waals surface area contributed by atoms with Gasteiger partial charge in [0.25, 0.3) is 5.91 Å². The van der Waals surface area contributed by atoms with Gasteiger partial charge in [-0.05, 0) is 74.9 Å². The smallest absolute Gasteiger partial charge is 0.262 e. The zero-order valence-electron chi connectivity index (χ0n) is 22.6. The van der Waals surface area contributed by atoms with E-state index in [9.17, 15) is 14.4 Å². The number of allylic oxidation sites excluding steroid dienone is 4. The topological polar surface area (TPSA) is 84.9 Å². The van der Waals surface area contributed by atoms with Gasteiger partial charge in [-0.1, -0.05) is 23.7 Å². The third-order valence-electron chi connectivity index (χ3n) is 7.66. The van der Waals surface area contributed by atoms with E-state index in [1.165, 1.54) is 0 Å². The van der Waals surface area contributed by atoms with Crippen molar-refractivity contribution < 1.29 is 23.9 Å². The van der Waals surface area contributed by atoms with E-state index in [2.05, 4.69) is 10.2 Å². The second-order valence-electron chi connectivity index (χ2n) is 10.2. The first-order valence-corrected chi connectivity index (χ1v) is 13.9. The molecule has 7 nitrogen and oxygen atoms in total. The molecule has 3 aliphatic rings. The number of anilines is 1. The van der Waals surface area contributed by atoms with E-state index in [0.29, 0.717) is 41.7 Å². The van der Waals surface area contributed by atoms with Crippen molar-refractivity contribution in [1.29, 1.82) is 0 Å². The van der Waals surface area contributed by atoms with Crippen molar-refractivity contribution in [3.8, 4) is 11.5 Å². The lowest BCUT2D eigenvalue weighted by atomic mass is 9.71. The number of carbonyl (C=O) groups is 3. The van der Waals surface area contributed by atoms with Crippen LogP contribution in [0.25, 0.3) is 0 Å². The van der Waals surface area contributed by atoms with Crippen molar-refractivity contribution >= 4 is 34.8 Å². The Kier molecular flexibility index (Phi) is 7.80. The molecule has 1 amide bonds. The summed E-state index contributed by atoms with van der Waals surface area (Å²) in [6.07, 6.45) is 4.25. The molecule has 1 aliphatic heterocycles. The molecule has 0 spiro atoms. The van der Waals surface area contributed by atoms with Gasteiger partial charge in [0.1, 0.15) is 0 Å². The van der Waals surface area contributed by atoms with Gasteiger partial charge in [-0.2, -0.15) is 0 Å². The first-order chi connectivity index (χ1) is 18.8. The molecule has 0 saturated heterocycles. The number of ketones is 2. The summed E-state index contributed by atoms with van der Waals surface area (Å²) in [6.45, 7) is 3.93. The Hall–Kier alpha value is -3.58. The van der Waals surface area contributed by atoms with Crippen LogP contribution in [0.4, 0.5) is 5.69 Å². The van der Waals surface area contributed by atoms with Crippen LogP contribution in [0, 0.1) is 6.92 Å². The molecule has 2 aromatic carbocycles. The van der Waals surface area contributed by atoms with E-state index in [0.717, 1.165) is 59.4 Å². The molecule has 0 saturated carbocycles. The highest BCUT2D eigenvalue weighted by atomic mass is 35.5. The number of ether oxygens (including phenoxy) is 2. The number of amides is 1. The van der Waals surface area contributed by atoms with Gasteiger partial charge in [-0.3, -0.25) is 14.4 Å². The number of nitrogens with one attached hydrogen (secondary N) is 1. The maximum absolute atomic E-state index is 13.3. The summed E-state index contributed by atoms with van der Waals surface area (Å²) in [6, 6.07) is 10.8. The van der Waals surface area contributed by atoms with Crippen LogP contribution in [0.5, 0.6) is 11.5 Å². The molecule has 0 unspecified atom stereocenters. The fraction of sp³-hybridized carbons (Fsp3) is 0.387. The molecule has 0 bridgehead atoms. The maximum Gasteiger partial charge on any atom is 0.262 e. The summed E-state index contributed by atoms with van der Waals surface area (Å²) in [5.74, 6) is 0.333. The molecular formula is C31H33ClN2O5. The fourth-order valence-electron chi connectivity index (χ4n) is 5.79. The lowest BCUT2D eigenvalue weighted by Crippen LogP contribution is -2.37. The standard InChI is InChI=1S/C31H33ClN2O5/c1-4-38-27-15-19(12-14-26(27)39-17-28(37)33-20-13-11-18(2)21(32)16-20)29-30-22(7-5-9-24(30)35)34(3)23-8-6-10-25(36)31(23)29/h11-16,29H,4-10,17H2,1-3H3,(H,33,37). The van der Waals surface area contributed by atoms with E-state index in [-0.39, 0.29) is 24.1 Å². The highest BCUT2D eigenvalue weighted by Gasteiger charge is 2.42. The summed E-state index contributed by atoms with van der Waals surface area (Å²) in [5, 5.41) is 3.36. The minimum absolute atomic E-state index is 0.101. The largest absolute Gasteiger partial charge is 0.490 e. The highest BCUT2D eigenvalue weighted by molar-refractivity contribution is 6.31. The van der Waals surface area contributed by atoms with Crippen LogP contribution in [-0.2, 0) is 14.4 Å². The lowest BCUT2D eigenvalue weighted by molar-refractivity contribution is -0.118. The predicted octanol–water partition coefficient (Wildman–Crippen LogP) is 6.11. The minimum Gasteiger partial charge on any atom is -0.490 e. The van der Waals surface area contributed by atoms with Crippen molar-refractivity contribution in [2.75, 3.05) is 25.6 Å². The summed E-state index contributed by atoms with van der Waals surface area (Å²) in [7, 11) is 1.98. The number of hydrogen-bond acceptors (Lipinski definition) is 6. The summed E-state index contributed by atoms with van der Waals surface area (Å²) in [4.78, 5) is 41.2. The quantitative estimate of drug-likeness (QED) is 0.449. The molecular weight excluding hydrogens is 516 g/mol. The van der Waals surface area contributed by atoms with Gasteiger partial charge >= 0.3 is 0 Å². The van der Waals surface area contributed by atoms with Crippen molar-refractivity contribution in [3.63, 3.8) is 0 Å². The Labute approximate surface area is 233 Å². The Morgan fingerprint density at radius 3 is 2.23 bits per heavy atom. The maximum atomic E-state index is 13.3. The van der Waals surface area contributed by atoms with Gasteiger partial charge in [0.05, 0.1) is 6.61 Å². The number of halogens is 1. The Balaban J connectivity index is 1.44. The monoisotopic (exact) mass is 548 g/mol. The second kappa shape index (κ2) is 11.3. The van der Waals surface area contributed by atoms with Gasteiger partial charge < -0.3 is 19.7 Å². The van der Waals surface area contributed by atoms with Gasteiger partial charge in [0.15, 0.2) is 29.7 Å². The molecule has 0 radical (unpaired) electrons. The third-order valence-corrected chi connectivity index (χ3v) is 8.07. The molecule has 0 fully saturated rings. The molecule has 0 aromatic heterocycles. The van der Waals surface area contributed by atoms with Crippen molar-refractivity contribution in [1.82, 2.24) is 4.90 Å². The Morgan fingerprint density at radius 2 is 1.62 bits per heavy atom. The normalized spacial score (nSPS) is 17.7. The van der Waals surface area contributed by atoms with E-state index >= 15 is 0 Å². The molecule has 1 N–H and O–H groups in total. The van der Waals surface area contributed by atoms with Crippen molar-refractivity contribution in [2.24, 2.45) is 0 Å². The van der Waals surface area contributed by atoms with Crippen molar-refractivity contribution in [2.45, 2.75) is 58.3 Å². The number of hydrogen-bond donors (Lipinski definition) is 1. The van der Waals surface area contributed by atoms with E-state index in [1.54, 1.807) is 18.2 Å². The fourth-order valence-corrected chi connectivity index (χ4v) is 5.97. The number of nitrogens with zero attached hydrogens (tertiary/aromatic N) is 1. The first-order valence-electron chi connectivity index (χ1n) is 13.5. The van der Waals surface area contributed by atoms with Crippen molar-refractivity contribution in [3.05, 3.63) is 75.1 Å². The van der Waals surface area contributed by atoms with Crippen LogP contribution in [0.3, 0.4) is 0 Å². The van der Waals surface area contributed by atoms with E-state index < -0.39 is 5.92 Å². The van der Waals surface area contributed by atoms with Crippen LogP contribution < -0.4 is 14.8 Å². The number of rotatable bonds is 7. The Bertz CT molecular complexity index is 1370. The Morgan fingerprint density at radius 1 is 0.949 bits per heavy atom. The van der Waals surface area contributed by atoms with Crippen LogP contribution in [0.1, 0.15) is 62.5 Å². The first kappa shape index (κ1) is 27.0. The summed E-state index contributed by atoms with van der Waals surface area (Å²) < 4.78 is 11.8. The summed E-state index contributed by atoms with van der Waals surface area (Å²) >= 11 is 6.17. The number of aryl methyl sites for hydroxylation is 1. The van der Waals surface area contributed by atoms with Crippen LogP contribution >= 0.6 is 11.6 Å². The molecule has 204 valence electrons.